The number of sulfonamides is 1. The van der Waals surface area contributed by atoms with Crippen molar-refractivity contribution in [2.75, 3.05) is 20.7 Å². The third-order valence-electron chi connectivity index (χ3n) is 4.79. The zero-order chi connectivity index (χ0) is 21.7. The van der Waals surface area contributed by atoms with Gasteiger partial charge in [0.25, 0.3) is 15.9 Å². The van der Waals surface area contributed by atoms with E-state index in [1.54, 1.807) is 11.8 Å². The van der Waals surface area contributed by atoms with Gasteiger partial charge in [0.15, 0.2) is 0 Å². The monoisotopic (exact) mass is 420 g/mol. The van der Waals surface area contributed by atoms with Crippen LogP contribution in [0, 0.1) is 0 Å². The lowest BCUT2D eigenvalue weighted by Gasteiger charge is -2.31. The van der Waals surface area contributed by atoms with Crippen LogP contribution in [0.15, 0.2) is 59.5 Å². The molecule has 0 aromatic heterocycles. The lowest BCUT2D eigenvalue weighted by Crippen LogP contribution is -2.43. The first-order valence-electron chi connectivity index (χ1n) is 9.29. The average molecular weight is 421 g/mol. The number of nitrogens with zero attached hydrogens (tertiary/aromatic N) is 2. The predicted molar refractivity (Wildman–Crippen MR) is 110 cm³/mol. The Morgan fingerprint density at radius 2 is 1.69 bits per heavy atom. The van der Waals surface area contributed by atoms with Gasteiger partial charge in [-0.05, 0) is 43.2 Å². The first-order valence-corrected chi connectivity index (χ1v) is 10.7. The SMILES string of the molecule is CC[C@@](C)(O)CN(Cc1ccccc1)C(=O)c1ccc(S(=O)(=O)N(C)OC)cc1. The van der Waals surface area contributed by atoms with Crippen LogP contribution < -0.4 is 0 Å². The lowest BCUT2D eigenvalue weighted by molar-refractivity contribution is -0.0258. The molecule has 0 heterocycles. The molecule has 0 saturated carbocycles. The number of hydrogen-bond donors (Lipinski definition) is 1. The summed E-state index contributed by atoms with van der Waals surface area (Å²) in [6.07, 6.45) is 0.492. The highest BCUT2D eigenvalue weighted by Gasteiger charge is 2.27. The molecule has 1 N–H and O–H groups in total. The molecule has 7 nitrogen and oxygen atoms in total. The van der Waals surface area contributed by atoms with Gasteiger partial charge in [0, 0.05) is 25.7 Å². The van der Waals surface area contributed by atoms with E-state index in [2.05, 4.69) is 0 Å². The summed E-state index contributed by atoms with van der Waals surface area (Å²) >= 11 is 0. The maximum absolute atomic E-state index is 13.1. The predicted octanol–water partition coefficient (Wildman–Crippen LogP) is 2.67. The van der Waals surface area contributed by atoms with Crippen LogP contribution in [0.1, 0.15) is 36.2 Å². The first-order chi connectivity index (χ1) is 13.6. The summed E-state index contributed by atoms with van der Waals surface area (Å²) in [5.41, 5.74) is 0.245. The highest BCUT2D eigenvalue weighted by atomic mass is 32.2. The van der Waals surface area contributed by atoms with E-state index in [1.165, 1.54) is 38.4 Å². The number of aliphatic hydroxyl groups is 1. The van der Waals surface area contributed by atoms with E-state index in [0.717, 1.165) is 10.0 Å². The van der Waals surface area contributed by atoms with Gasteiger partial charge in [-0.25, -0.2) is 8.42 Å². The average Bonchev–Trinajstić information content (AvgIpc) is 2.72. The van der Waals surface area contributed by atoms with Crippen molar-refractivity contribution in [1.29, 1.82) is 0 Å². The Morgan fingerprint density at radius 3 is 2.21 bits per heavy atom. The van der Waals surface area contributed by atoms with Gasteiger partial charge in [0.05, 0.1) is 17.6 Å². The van der Waals surface area contributed by atoms with Crippen molar-refractivity contribution < 1.29 is 23.2 Å². The Bertz CT molecular complexity index is 912. The highest BCUT2D eigenvalue weighted by Crippen LogP contribution is 2.19. The number of carbonyl (C=O) groups is 1. The zero-order valence-corrected chi connectivity index (χ0v) is 18.0. The summed E-state index contributed by atoms with van der Waals surface area (Å²) in [5, 5.41) is 10.5. The minimum Gasteiger partial charge on any atom is -0.388 e. The molecule has 0 saturated heterocycles. The fourth-order valence-electron chi connectivity index (χ4n) is 2.72. The van der Waals surface area contributed by atoms with Crippen molar-refractivity contribution in [2.45, 2.75) is 37.3 Å². The summed E-state index contributed by atoms with van der Waals surface area (Å²) in [7, 11) is -1.23. The third kappa shape index (κ3) is 5.86. The number of hydrogen-bond acceptors (Lipinski definition) is 5. The first kappa shape index (κ1) is 23.0. The molecule has 0 fully saturated rings. The van der Waals surface area contributed by atoms with Gasteiger partial charge in [-0.3, -0.25) is 9.63 Å². The Morgan fingerprint density at radius 1 is 1.10 bits per heavy atom. The molecule has 8 heteroatoms. The minimum absolute atomic E-state index is 0.0218. The lowest BCUT2D eigenvalue weighted by atomic mass is 10.0. The zero-order valence-electron chi connectivity index (χ0n) is 17.2. The van der Waals surface area contributed by atoms with Crippen LogP contribution in [0.4, 0.5) is 0 Å². The van der Waals surface area contributed by atoms with Gasteiger partial charge < -0.3 is 10.0 Å². The number of hydroxylamine groups is 1. The van der Waals surface area contributed by atoms with Gasteiger partial charge in [0.2, 0.25) is 0 Å². The summed E-state index contributed by atoms with van der Waals surface area (Å²) in [4.78, 5) is 19.5. The van der Waals surface area contributed by atoms with Crippen LogP contribution in [-0.2, 0) is 21.4 Å². The summed E-state index contributed by atoms with van der Waals surface area (Å²) in [6.45, 7) is 4.04. The standard InChI is InChI=1S/C21H28N2O5S/c1-5-21(2,25)16-23(15-17-9-7-6-8-10-17)20(24)18-11-13-19(14-12-18)29(26,27)22(3)28-4/h6-14,25H,5,15-16H2,1-4H3/t21-/m1/s1. The van der Waals surface area contributed by atoms with Crippen LogP contribution in [0.5, 0.6) is 0 Å². The van der Waals surface area contributed by atoms with Crippen LogP contribution in [-0.4, -0.2) is 55.1 Å². The summed E-state index contributed by atoms with van der Waals surface area (Å²) < 4.78 is 25.4. The van der Waals surface area contributed by atoms with Gasteiger partial charge >= 0.3 is 0 Å². The Balaban J connectivity index is 2.30. The summed E-state index contributed by atoms with van der Waals surface area (Å²) in [5.74, 6) is -0.286. The topological polar surface area (TPSA) is 87.2 Å². The largest absolute Gasteiger partial charge is 0.388 e. The molecule has 0 spiro atoms. The van der Waals surface area contributed by atoms with E-state index in [1.807, 2.05) is 37.3 Å². The van der Waals surface area contributed by atoms with E-state index >= 15 is 0 Å². The van der Waals surface area contributed by atoms with Gasteiger partial charge in [0.1, 0.15) is 0 Å². The molecule has 2 rings (SSSR count). The third-order valence-corrected chi connectivity index (χ3v) is 6.49. The fraction of sp³-hybridized carbons (Fsp3) is 0.381. The van der Waals surface area contributed by atoms with Crippen molar-refractivity contribution in [1.82, 2.24) is 9.37 Å². The smallest absolute Gasteiger partial charge is 0.264 e. The second-order valence-corrected chi connectivity index (χ2v) is 9.05. The highest BCUT2D eigenvalue weighted by molar-refractivity contribution is 7.89. The molecular weight excluding hydrogens is 392 g/mol. The molecule has 29 heavy (non-hydrogen) atoms. The second kappa shape index (κ2) is 9.49. The van der Waals surface area contributed by atoms with E-state index in [9.17, 15) is 18.3 Å². The molecule has 1 atom stereocenters. The van der Waals surface area contributed by atoms with Crippen molar-refractivity contribution >= 4 is 15.9 Å². The molecule has 0 bridgehead atoms. The van der Waals surface area contributed by atoms with Gasteiger partial charge in [-0.15, -0.1) is 0 Å². The number of carbonyl (C=O) groups excluding carboxylic acids is 1. The molecule has 0 aliphatic rings. The van der Waals surface area contributed by atoms with E-state index in [4.69, 9.17) is 4.84 Å². The van der Waals surface area contributed by atoms with Crippen molar-refractivity contribution in [3.8, 4) is 0 Å². The molecule has 2 aromatic rings. The molecule has 0 aliphatic heterocycles. The Kier molecular flexibility index (Phi) is 7.54. The minimum atomic E-state index is -3.79. The number of rotatable bonds is 9. The maximum Gasteiger partial charge on any atom is 0.264 e. The molecule has 0 unspecified atom stereocenters. The van der Waals surface area contributed by atoms with Gasteiger partial charge in [-0.1, -0.05) is 41.7 Å². The Labute approximate surface area is 172 Å². The Hall–Kier alpha value is -2.26. The maximum atomic E-state index is 13.1. The molecule has 158 valence electrons. The van der Waals surface area contributed by atoms with Crippen LogP contribution in [0.3, 0.4) is 0 Å². The molecular formula is C21H28N2O5S. The van der Waals surface area contributed by atoms with Gasteiger partial charge in [-0.2, -0.15) is 0 Å². The van der Waals surface area contributed by atoms with E-state index < -0.39 is 15.6 Å². The van der Waals surface area contributed by atoms with Crippen molar-refractivity contribution in [3.05, 3.63) is 65.7 Å². The van der Waals surface area contributed by atoms with Crippen LogP contribution >= 0.6 is 0 Å². The second-order valence-electron chi connectivity index (χ2n) is 7.12. The van der Waals surface area contributed by atoms with Crippen LogP contribution in [0.2, 0.25) is 0 Å². The quantitative estimate of drug-likeness (QED) is 0.630. The number of amides is 1. The molecule has 0 radical (unpaired) electrons. The van der Waals surface area contributed by atoms with Crippen molar-refractivity contribution in [3.63, 3.8) is 0 Å². The normalized spacial score (nSPS) is 13.9. The van der Waals surface area contributed by atoms with E-state index in [0.29, 0.717) is 18.5 Å². The van der Waals surface area contributed by atoms with Crippen LogP contribution in [0.25, 0.3) is 0 Å². The van der Waals surface area contributed by atoms with E-state index in [-0.39, 0.29) is 17.3 Å². The summed E-state index contributed by atoms with van der Waals surface area (Å²) in [6, 6.07) is 15.2. The number of benzene rings is 2. The fourth-order valence-corrected chi connectivity index (χ4v) is 3.70. The van der Waals surface area contributed by atoms with Crippen molar-refractivity contribution in [2.24, 2.45) is 0 Å². The molecule has 0 aliphatic carbocycles. The molecule has 1 amide bonds. The molecule has 2 aromatic carbocycles.